The second-order valence-corrected chi connectivity index (χ2v) is 6.52. The number of fused-ring (bicyclic) bond motifs is 3. The molecular formula is C21H17N5O2. The van der Waals surface area contributed by atoms with Crippen LogP contribution in [-0.4, -0.2) is 27.8 Å². The molecule has 0 radical (unpaired) electrons. The molecule has 2 aromatic heterocycles. The van der Waals surface area contributed by atoms with Gasteiger partial charge in [0, 0.05) is 22.4 Å². The standard InChI is InChI=1S/C21H17N5O2/c1-12-7-15-16(8-18(12)28-2)24-10-17-20(15)21(25-26(17)11-19(23)27)14-5-3-13(9-22)4-6-14/h3-8,10H,11H2,1-2H3,(H2,23,27). The van der Waals surface area contributed by atoms with Gasteiger partial charge in [-0.1, -0.05) is 12.1 Å². The predicted octanol–water partition coefficient (Wildman–Crippen LogP) is 2.93. The molecule has 0 bridgehead atoms. The number of carbonyl (C=O) groups excluding carboxylic acids is 1. The minimum absolute atomic E-state index is 0.0465. The molecule has 7 nitrogen and oxygen atoms in total. The van der Waals surface area contributed by atoms with E-state index in [9.17, 15) is 4.79 Å². The van der Waals surface area contributed by atoms with Gasteiger partial charge in [0.15, 0.2) is 0 Å². The van der Waals surface area contributed by atoms with Gasteiger partial charge in [-0.15, -0.1) is 0 Å². The molecular weight excluding hydrogens is 354 g/mol. The number of hydrogen-bond donors (Lipinski definition) is 1. The molecule has 0 saturated carbocycles. The van der Waals surface area contributed by atoms with Crippen LogP contribution in [0.2, 0.25) is 0 Å². The number of primary amides is 1. The van der Waals surface area contributed by atoms with Gasteiger partial charge in [-0.2, -0.15) is 10.4 Å². The molecule has 138 valence electrons. The quantitative estimate of drug-likeness (QED) is 0.593. The molecule has 2 heterocycles. The van der Waals surface area contributed by atoms with E-state index in [1.807, 2.05) is 31.2 Å². The molecule has 1 amide bonds. The number of ether oxygens (including phenoxy) is 1. The topological polar surface area (TPSA) is 107 Å². The smallest absolute Gasteiger partial charge is 0.239 e. The van der Waals surface area contributed by atoms with Crippen molar-refractivity contribution in [2.75, 3.05) is 7.11 Å². The Labute approximate surface area is 161 Å². The average molecular weight is 371 g/mol. The van der Waals surface area contributed by atoms with Gasteiger partial charge in [0.05, 0.1) is 36.0 Å². The summed E-state index contributed by atoms with van der Waals surface area (Å²) in [5.74, 6) is 0.269. The van der Waals surface area contributed by atoms with E-state index in [0.29, 0.717) is 11.3 Å². The zero-order chi connectivity index (χ0) is 19.8. The number of nitrogens with two attached hydrogens (primary N) is 1. The molecule has 0 unspecified atom stereocenters. The number of aromatic nitrogens is 3. The molecule has 0 spiro atoms. The Morgan fingerprint density at radius 2 is 2.04 bits per heavy atom. The minimum Gasteiger partial charge on any atom is -0.496 e. The number of methoxy groups -OCH3 is 1. The van der Waals surface area contributed by atoms with Crippen LogP contribution in [0.15, 0.2) is 42.6 Å². The van der Waals surface area contributed by atoms with E-state index in [4.69, 9.17) is 15.7 Å². The van der Waals surface area contributed by atoms with Crippen LogP contribution in [0.5, 0.6) is 5.75 Å². The molecule has 4 aromatic rings. The summed E-state index contributed by atoms with van der Waals surface area (Å²) in [4.78, 5) is 16.1. The average Bonchev–Trinajstić information content (AvgIpc) is 3.05. The molecule has 4 rings (SSSR count). The van der Waals surface area contributed by atoms with Gasteiger partial charge in [0.2, 0.25) is 5.91 Å². The van der Waals surface area contributed by atoms with E-state index in [2.05, 4.69) is 16.2 Å². The lowest BCUT2D eigenvalue weighted by molar-refractivity contribution is -0.118. The molecule has 2 aromatic carbocycles. The van der Waals surface area contributed by atoms with E-state index in [-0.39, 0.29) is 6.54 Å². The Balaban J connectivity index is 2.07. The van der Waals surface area contributed by atoms with Crippen LogP contribution in [0, 0.1) is 18.3 Å². The lowest BCUT2D eigenvalue weighted by Crippen LogP contribution is -2.19. The van der Waals surface area contributed by atoms with Gasteiger partial charge >= 0.3 is 0 Å². The van der Waals surface area contributed by atoms with Gasteiger partial charge in [-0.25, -0.2) is 0 Å². The van der Waals surface area contributed by atoms with Gasteiger partial charge < -0.3 is 10.5 Å². The maximum Gasteiger partial charge on any atom is 0.239 e. The number of rotatable bonds is 4. The molecule has 28 heavy (non-hydrogen) atoms. The summed E-state index contributed by atoms with van der Waals surface area (Å²) in [5.41, 5.74) is 9.97. The van der Waals surface area contributed by atoms with Crippen LogP contribution in [0.3, 0.4) is 0 Å². The highest BCUT2D eigenvalue weighted by Crippen LogP contribution is 2.35. The SMILES string of the molecule is COc1cc2ncc3c(c(-c4ccc(C#N)cc4)nn3CC(N)=O)c2cc1C. The van der Waals surface area contributed by atoms with E-state index in [1.54, 1.807) is 30.1 Å². The van der Waals surface area contributed by atoms with Crippen LogP contribution in [0.1, 0.15) is 11.1 Å². The fourth-order valence-corrected chi connectivity index (χ4v) is 3.38. The number of benzene rings is 2. The normalized spacial score (nSPS) is 10.9. The minimum atomic E-state index is -0.484. The van der Waals surface area contributed by atoms with Gasteiger partial charge in [0.25, 0.3) is 0 Å². The zero-order valence-corrected chi connectivity index (χ0v) is 15.4. The highest BCUT2D eigenvalue weighted by Gasteiger charge is 2.18. The fraction of sp³-hybridized carbons (Fsp3) is 0.143. The van der Waals surface area contributed by atoms with E-state index in [0.717, 1.165) is 38.7 Å². The van der Waals surface area contributed by atoms with Crippen molar-refractivity contribution in [3.05, 3.63) is 53.7 Å². The summed E-state index contributed by atoms with van der Waals surface area (Å²) < 4.78 is 6.98. The lowest BCUT2D eigenvalue weighted by atomic mass is 10.0. The highest BCUT2D eigenvalue weighted by atomic mass is 16.5. The Bertz CT molecular complexity index is 1270. The molecule has 2 N–H and O–H groups in total. The molecule has 7 heteroatoms. The second-order valence-electron chi connectivity index (χ2n) is 6.52. The molecule has 0 saturated heterocycles. The third-order valence-corrected chi connectivity index (χ3v) is 4.69. The number of hydrogen-bond acceptors (Lipinski definition) is 5. The molecule has 0 atom stereocenters. The first-order chi connectivity index (χ1) is 13.5. The molecule has 0 aliphatic rings. The molecule has 0 fully saturated rings. The van der Waals surface area contributed by atoms with E-state index in [1.165, 1.54) is 0 Å². The summed E-state index contributed by atoms with van der Waals surface area (Å²) in [6, 6.07) is 13.2. The van der Waals surface area contributed by atoms with Crippen molar-refractivity contribution in [2.24, 2.45) is 5.73 Å². The van der Waals surface area contributed by atoms with E-state index >= 15 is 0 Å². The van der Waals surface area contributed by atoms with Crippen LogP contribution >= 0.6 is 0 Å². The van der Waals surface area contributed by atoms with Crippen LogP contribution in [0.25, 0.3) is 33.1 Å². The molecule has 0 aliphatic heterocycles. The van der Waals surface area contributed by atoms with Gasteiger partial charge in [0.1, 0.15) is 18.0 Å². The number of carbonyl (C=O) groups is 1. The van der Waals surface area contributed by atoms with Crippen molar-refractivity contribution in [1.82, 2.24) is 14.8 Å². The van der Waals surface area contributed by atoms with Gasteiger partial charge in [-0.3, -0.25) is 14.5 Å². The van der Waals surface area contributed by atoms with Crippen molar-refractivity contribution in [3.63, 3.8) is 0 Å². The summed E-state index contributed by atoms with van der Waals surface area (Å²) in [6.07, 6.45) is 1.69. The number of nitrogens with zero attached hydrogens (tertiary/aromatic N) is 4. The Hall–Kier alpha value is -3.92. The predicted molar refractivity (Wildman–Crippen MR) is 106 cm³/mol. The summed E-state index contributed by atoms with van der Waals surface area (Å²) in [5, 5.41) is 15.5. The number of pyridine rings is 1. The zero-order valence-electron chi connectivity index (χ0n) is 15.4. The first-order valence-corrected chi connectivity index (χ1v) is 8.64. The van der Waals surface area contributed by atoms with E-state index < -0.39 is 5.91 Å². The highest BCUT2D eigenvalue weighted by molar-refractivity contribution is 6.11. The number of nitriles is 1. The third kappa shape index (κ3) is 2.81. The maximum atomic E-state index is 11.5. The number of amides is 1. The van der Waals surface area contributed by atoms with Crippen molar-refractivity contribution in [1.29, 1.82) is 5.26 Å². The maximum absolute atomic E-state index is 11.5. The van der Waals surface area contributed by atoms with Gasteiger partial charge in [-0.05, 0) is 30.7 Å². The van der Waals surface area contributed by atoms with Crippen LogP contribution < -0.4 is 10.5 Å². The van der Waals surface area contributed by atoms with Crippen molar-refractivity contribution >= 4 is 27.7 Å². The third-order valence-electron chi connectivity index (χ3n) is 4.69. The largest absolute Gasteiger partial charge is 0.496 e. The second kappa shape index (κ2) is 6.67. The van der Waals surface area contributed by atoms with Crippen LogP contribution in [0.4, 0.5) is 0 Å². The monoisotopic (exact) mass is 371 g/mol. The Morgan fingerprint density at radius 1 is 1.29 bits per heavy atom. The Kier molecular flexibility index (Phi) is 4.17. The lowest BCUT2D eigenvalue weighted by Gasteiger charge is -2.08. The summed E-state index contributed by atoms with van der Waals surface area (Å²) >= 11 is 0. The first-order valence-electron chi connectivity index (χ1n) is 8.64. The summed E-state index contributed by atoms with van der Waals surface area (Å²) in [6.45, 7) is 1.92. The van der Waals surface area contributed by atoms with Crippen LogP contribution in [-0.2, 0) is 11.3 Å². The molecule has 0 aliphatic carbocycles. The van der Waals surface area contributed by atoms with Crippen molar-refractivity contribution < 1.29 is 9.53 Å². The van der Waals surface area contributed by atoms with Crippen molar-refractivity contribution in [2.45, 2.75) is 13.5 Å². The fourth-order valence-electron chi connectivity index (χ4n) is 3.38. The summed E-state index contributed by atoms with van der Waals surface area (Å²) in [7, 11) is 1.62. The Morgan fingerprint density at radius 3 is 2.68 bits per heavy atom. The number of aryl methyl sites for hydroxylation is 1. The first kappa shape index (κ1) is 17.5. The van der Waals surface area contributed by atoms with Crippen molar-refractivity contribution in [3.8, 4) is 23.1 Å².